The number of aromatic nitrogens is 1. The summed E-state index contributed by atoms with van der Waals surface area (Å²) in [6, 6.07) is 73.3. The molecule has 0 radical (unpaired) electrons. The van der Waals surface area contributed by atoms with E-state index < -0.39 is 5.41 Å². The number of benzene rings is 8. The highest BCUT2D eigenvalue weighted by Crippen LogP contribution is 2.57. The molecule has 258 valence electrons. The first-order valence-corrected chi connectivity index (χ1v) is 19.6. The highest BCUT2D eigenvalue weighted by atomic mass is 32.2. The molecule has 0 saturated heterocycles. The van der Waals surface area contributed by atoms with Crippen LogP contribution in [0.25, 0.3) is 44.3 Å². The van der Waals surface area contributed by atoms with Crippen LogP contribution in [0.2, 0.25) is 0 Å². The third-order valence-electron chi connectivity index (χ3n) is 11.4. The van der Waals surface area contributed by atoms with Gasteiger partial charge in [0.2, 0.25) is 0 Å². The molecule has 1 aromatic heterocycles. The quantitative estimate of drug-likeness (QED) is 0.176. The van der Waals surface area contributed by atoms with Gasteiger partial charge < -0.3 is 4.90 Å². The van der Waals surface area contributed by atoms with Crippen molar-refractivity contribution in [1.82, 2.24) is 4.98 Å². The monoisotopic (exact) mass is 718 g/mol. The van der Waals surface area contributed by atoms with E-state index in [9.17, 15) is 0 Å². The van der Waals surface area contributed by atoms with Crippen LogP contribution in [0.1, 0.15) is 22.3 Å². The summed E-state index contributed by atoms with van der Waals surface area (Å²) in [4.78, 5) is 9.73. The van der Waals surface area contributed by atoms with Crippen molar-refractivity contribution in [1.29, 1.82) is 0 Å². The number of nitrogens with zero attached hydrogens (tertiary/aromatic N) is 2. The molecule has 0 fully saturated rings. The fraction of sp³-hybridized carbons (Fsp3) is 0.0192. The summed E-state index contributed by atoms with van der Waals surface area (Å²) in [7, 11) is 0. The van der Waals surface area contributed by atoms with Crippen LogP contribution < -0.4 is 4.90 Å². The van der Waals surface area contributed by atoms with Crippen molar-refractivity contribution in [3.63, 3.8) is 0 Å². The van der Waals surface area contributed by atoms with Crippen LogP contribution in [0.15, 0.2) is 216 Å². The number of pyridine rings is 1. The van der Waals surface area contributed by atoms with Gasteiger partial charge in [-0.05, 0) is 98.4 Å². The minimum absolute atomic E-state index is 0.437. The zero-order chi connectivity index (χ0) is 36.3. The summed E-state index contributed by atoms with van der Waals surface area (Å²) < 4.78 is 0. The van der Waals surface area contributed by atoms with Crippen molar-refractivity contribution in [3.05, 3.63) is 229 Å². The summed E-state index contributed by atoms with van der Waals surface area (Å²) in [5.74, 6) is 0. The summed E-state index contributed by atoms with van der Waals surface area (Å²) in [6.07, 6.45) is 1.91. The molecule has 0 unspecified atom stereocenters. The molecule has 2 heterocycles. The van der Waals surface area contributed by atoms with Crippen molar-refractivity contribution in [3.8, 4) is 33.5 Å². The fourth-order valence-corrected chi connectivity index (χ4v) is 10.1. The Morgan fingerprint density at radius 2 is 1.11 bits per heavy atom. The fourth-order valence-electron chi connectivity index (χ4n) is 8.98. The molecule has 1 aliphatic heterocycles. The van der Waals surface area contributed by atoms with Crippen LogP contribution in [0.5, 0.6) is 0 Å². The first kappa shape index (κ1) is 31.8. The molecule has 0 saturated carbocycles. The molecule has 0 spiro atoms. The van der Waals surface area contributed by atoms with Crippen molar-refractivity contribution in [2.24, 2.45) is 0 Å². The Labute approximate surface area is 325 Å². The van der Waals surface area contributed by atoms with E-state index in [1.54, 1.807) is 0 Å². The van der Waals surface area contributed by atoms with Gasteiger partial charge in [-0.25, -0.2) is 0 Å². The second kappa shape index (κ2) is 12.7. The smallest absolute Gasteiger partial charge is 0.0781 e. The molecule has 55 heavy (non-hydrogen) atoms. The molecule has 2 aliphatic rings. The lowest BCUT2D eigenvalue weighted by Crippen LogP contribution is -2.28. The lowest BCUT2D eigenvalue weighted by molar-refractivity contribution is 0.769. The lowest BCUT2D eigenvalue weighted by atomic mass is 9.67. The van der Waals surface area contributed by atoms with E-state index in [1.165, 1.54) is 71.1 Å². The second-order valence-corrected chi connectivity index (χ2v) is 15.4. The minimum atomic E-state index is -0.437. The molecule has 2 nitrogen and oxygen atoms in total. The predicted octanol–water partition coefficient (Wildman–Crippen LogP) is 13.9. The second-order valence-electron chi connectivity index (χ2n) is 14.3. The number of hydrogen-bond donors (Lipinski definition) is 0. The number of anilines is 3. The Morgan fingerprint density at radius 3 is 1.96 bits per heavy atom. The molecule has 0 amide bonds. The first-order chi connectivity index (χ1) is 27.3. The van der Waals surface area contributed by atoms with Gasteiger partial charge in [0, 0.05) is 32.6 Å². The molecule has 0 atom stereocenters. The lowest BCUT2D eigenvalue weighted by Gasteiger charge is -2.34. The zero-order valence-electron chi connectivity index (χ0n) is 29.9. The van der Waals surface area contributed by atoms with Crippen molar-refractivity contribution in [2.45, 2.75) is 15.2 Å². The van der Waals surface area contributed by atoms with Crippen molar-refractivity contribution < 1.29 is 0 Å². The maximum atomic E-state index is 4.86. The molecule has 0 N–H and O–H groups in total. The third-order valence-corrected chi connectivity index (χ3v) is 12.5. The first-order valence-electron chi connectivity index (χ1n) is 18.8. The van der Waals surface area contributed by atoms with Crippen LogP contribution >= 0.6 is 11.8 Å². The van der Waals surface area contributed by atoms with Gasteiger partial charge in [0.1, 0.15) is 0 Å². The van der Waals surface area contributed by atoms with E-state index in [2.05, 4.69) is 205 Å². The summed E-state index contributed by atoms with van der Waals surface area (Å²) in [5, 5.41) is 2.35. The van der Waals surface area contributed by atoms with Gasteiger partial charge in [-0.2, -0.15) is 0 Å². The normalized spacial score (nSPS) is 13.5. The Balaban J connectivity index is 1.06. The van der Waals surface area contributed by atoms with Gasteiger partial charge in [0.15, 0.2) is 0 Å². The van der Waals surface area contributed by atoms with Gasteiger partial charge in [-0.3, -0.25) is 4.98 Å². The molecule has 1 aliphatic carbocycles. The average molecular weight is 719 g/mol. The standard InChI is InChI=1S/C52H34N2S/c1-3-16-39(17-4-1)52(40-18-5-2-6-19-40)45-23-10-9-22-43(45)44-28-26-36(33-46(44)52)37-27-29-48-50(34-37)55-49-25-12-11-24-47(49)54(48)41-20-13-15-38(32-41)51-42-21-8-7-14-35(42)30-31-53-51/h1-34H. The van der Waals surface area contributed by atoms with E-state index in [-0.39, 0.29) is 0 Å². The SMILES string of the molecule is c1ccc(C2(c3ccccc3)c3ccccc3-c3ccc(-c4ccc5c(c4)Sc4ccccc4N5c4cccc(-c5nccc6ccccc56)c4)cc32)cc1. The molecular formula is C52H34N2S. The topological polar surface area (TPSA) is 16.1 Å². The molecular weight excluding hydrogens is 685 g/mol. The molecule has 11 rings (SSSR count). The summed E-state index contributed by atoms with van der Waals surface area (Å²) in [5.41, 5.74) is 15.3. The van der Waals surface area contributed by atoms with E-state index in [1.807, 2.05) is 18.0 Å². The third kappa shape index (κ3) is 4.94. The molecule has 8 aromatic carbocycles. The van der Waals surface area contributed by atoms with Crippen LogP contribution in [0, 0.1) is 0 Å². The Morgan fingerprint density at radius 1 is 0.436 bits per heavy atom. The number of rotatable bonds is 5. The van der Waals surface area contributed by atoms with Crippen LogP contribution in [0.3, 0.4) is 0 Å². The van der Waals surface area contributed by atoms with E-state index in [0.29, 0.717) is 0 Å². The van der Waals surface area contributed by atoms with Gasteiger partial charge >= 0.3 is 0 Å². The van der Waals surface area contributed by atoms with Crippen LogP contribution in [0.4, 0.5) is 17.1 Å². The maximum Gasteiger partial charge on any atom is 0.0781 e. The van der Waals surface area contributed by atoms with E-state index >= 15 is 0 Å². The Hall–Kier alpha value is -6.68. The number of para-hydroxylation sites is 1. The van der Waals surface area contributed by atoms with Crippen molar-refractivity contribution >= 4 is 39.6 Å². The molecule has 3 heteroatoms. The largest absolute Gasteiger partial charge is 0.308 e. The van der Waals surface area contributed by atoms with Crippen LogP contribution in [-0.4, -0.2) is 4.98 Å². The van der Waals surface area contributed by atoms with E-state index in [4.69, 9.17) is 4.98 Å². The average Bonchev–Trinajstić information content (AvgIpc) is 3.56. The van der Waals surface area contributed by atoms with E-state index in [0.717, 1.165) is 22.3 Å². The highest BCUT2D eigenvalue weighted by molar-refractivity contribution is 7.99. The summed E-state index contributed by atoms with van der Waals surface area (Å²) in [6.45, 7) is 0. The number of fused-ring (bicyclic) bond motifs is 6. The Kier molecular flexibility index (Phi) is 7.36. The zero-order valence-corrected chi connectivity index (χ0v) is 30.7. The molecule has 9 aromatic rings. The minimum Gasteiger partial charge on any atom is -0.308 e. The van der Waals surface area contributed by atoms with Gasteiger partial charge in [-0.15, -0.1) is 0 Å². The summed E-state index contributed by atoms with van der Waals surface area (Å²) >= 11 is 1.85. The molecule has 0 bridgehead atoms. The Bertz CT molecular complexity index is 2870. The predicted molar refractivity (Wildman–Crippen MR) is 229 cm³/mol. The van der Waals surface area contributed by atoms with Crippen molar-refractivity contribution in [2.75, 3.05) is 4.90 Å². The van der Waals surface area contributed by atoms with Crippen LogP contribution in [-0.2, 0) is 5.41 Å². The highest BCUT2D eigenvalue weighted by Gasteiger charge is 2.46. The maximum absolute atomic E-state index is 4.86. The van der Waals surface area contributed by atoms with Gasteiger partial charge in [-0.1, -0.05) is 163 Å². The van der Waals surface area contributed by atoms with Gasteiger partial charge in [0.05, 0.1) is 22.5 Å². The number of hydrogen-bond acceptors (Lipinski definition) is 3. The van der Waals surface area contributed by atoms with Gasteiger partial charge in [0.25, 0.3) is 0 Å².